The van der Waals surface area contributed by atoms with Crippen LogP contribution in [0.4, 0.5) is 0 Å². The van der Waals surface area contributed by atoms with Crippen molar-refractivity contribution in [2.75, 3.05) is 6.54 Å². The minimum absolute atomic E-state index is 0.323. The van der Waals surface area contributed by atoms with Crippen LogP contribution in [0.1, 0.15) is 37.3 Å². The van der Waals surface area contributed by atoms with Crippen molar-refractivity contribution >= 4 is 0 Å². The highest BCUT2D eigenvalue weighted by atomic mass is 16.5. The van der Waals surface area contributed by atoms with Crippen LogP contribution in [0.15, 0.2) is 18.2 Å². The molecule has 2 heteroatoms. The maximum absolute atomic E-state index is 5.96. The number of ether oxygens (including phenoxy) is 1. The van der Waals surface area contributed by atoms with Crippen LogP contribution in [0.2, 0.25) is 0 Å². The second-order valence-electron chi connectivity index (χ2n) is 5.85. The quantitative estimate of drug-likeness (QED) is 0.863. The molecule has 1 aliphatic heterocycles. The van der Waals surface area contributed by atoms with Crippen molar-refractivity contribution in [1.82, 2.24) is 5.32 Å². The number of rotatable bonds is 3. The van der Waals surface area contributed by atoms with Crippen molar-refractivity contribution in [2.45, 2.75) is 51.2 Å². The van der Waals surface area contributed by atoms with E-state index in [0.717, 1.165) is 18.7 Å². The van der Waals surface area contributed by atoms with Crippen molar-refractivity contribution in [2.24, 2.45) is 0 Å². The molecule has 1 aromatic carbocycles. The minimum Gasteiger partial charge on any atom is -0.488 e. The molecule has 1 N–H and O–H groups in total. The van der Waals surface area contributed by atoms with Gasteiger partial charge in [-0.2, -0.15) is 0 Å². The first-order valence-corrected chi connectivity index (χ1v) is 6.66. The number of aryl methyl sites for hydroxylation is 1. The average molecular weight is 231 g/mol. The van der Waals surface area contributed by atoms with Crippen LogP contribution in [0.5, 0.6) is 5.75 Å². The molecule has 92 valence electrons. The van der Waals surface area contributed by atoms with Gasteiger partial charge in [0.15, 0.2) is 0 Å². The third-order valence-corrected chi connectivity index (χ3v) is 4.17. The average Bonchev–Trinajstić information content (AvgIpc) is 2.65. The van der Waals surface area contributed by atoms with Gasteiger partial charge >= 0.3 is 0 Å². The zero-order valence-corrected chi connectivity index (χ0v) is 10.8. The number of benzene rings is 1. The Balaban J connectivity index is 1.58. The molecule has 3 rings (SSSR count). The van der Waals surface area contributed by atoms with Crippen molar-refractivity contribution < 1.29 is 4.74 Å². The molecule has 17 heavy (non-hydrogen) atoms. The Labute approximate surface area is 103 Å². The molecular formula is C15H21NO. The molecule has 0 saturated heterocycles. The molecule has 0 aromatic heterocycles. The summed E-state index contributed by atoms with van der Waals surface area (Å²) in [7, 11) is 0. The third kappa shape index (κ3) is 2.19. The fourth-order valence-corrected chi connectivity index (χ4v) is 2.81. The van der Waals surface area contributed by atoms with E-state index >= 15 is 0 Å². The normalized spacial score (nSPS) is 24.9. The lowest BCUT2D eigenvalue weighted by Gasteiger charge is -2.40. The third-order valence-electron chi connectivity index (χ3n) is 4.17. The SMILES string of the molecule is Cc1ccc2c(c1)CC(CNC1(C)CCC1)O2. The predicted molar refractivity (Wildman–Crippen MR) is 69.6 cm³/mol. The Hall–Kier alpha value is -1.02. The van der Waals surface area contributed by atoms with E-state index < -0.39 is 0 Å². The van der Waals surface area contributed by atoms with Gasteiger partial charge in [0.25, 0.3) is 0 Å². The van der Waals surface area contributed by atoms with Gasteiger partial charge in [-0.05, 0) is 44.7 Å². The summed E-state index contributed by atoms with van der Waals surface area (Å²) in [5.74, 6) is 1.08. The van der Waals surface area contributed by atoms with E-state index in [0.29, 0.717) is 11.6 Å². The molecule has 0 spiro atoms. The Kier molecular flexibility index (Phi) is 2.62. The van der Waals surface area contributed by atoms with E-state index in [-0.39, 0.29) is 0 Å². The van der Waals surface area contributed by atoms with Gasteiger partial charge in [0.2, 0.25) is 0 Å². The van der Waals surface area contributed by atoms with E-state index in [1.54, 1.807) is 0 Å². The first-order valence-electron chi connectivity index (χ1n) is 6.66. The van der Waals surface area contributed by atoms with Crippen LogP contribution in [-0.2, 0) is 6.42 Å². The van der Waals surface area contributed by atoms with E-state index in [9.17, 15) is 0 Å². The highest BCUT2D eigenvalue weighted by molar-refractivity contribution is 5.40. The smallest absolute Gasteiger partial charge is 0.123 e. The zero-order chi connectivity index (χ0) is 11.9. The van der Waals surface area contributed by atoms with Crippen LogP contribution < -0.4 is 10.1 Å². The molecule has 2 aliphatic rings. The van der Waals surface area contributed by atoms with Gasteiger partial charge in [-0.15, -0.1) is 0 Å². The van der Waals surface area contributed by atoms with Crippen LogP contribution in [-0.4, -0.2) is 18.2 Å². The lowest BCUT2D eigenvalue weighted by Crippen LogP contribution is -2.51. The molecule has 1 unspecified atom stereocenters. The number of nitrogens with one attached hydrogen (secondary N) is 1. The Bertz CT molecular complexity index is 423. The molecule has 1 heterocycles. The summed E-state index contributed by atoms with van der Waals surface area (Å²) in [6, 6.07) is 6.48. The molecule has 1 atom stereocenters. The summed E-state index contributed by atoms with van der Waals surface area (Å²) in [5, 5.41) is 3.66. The predicted octanol–water partition coefficient (Wildman–Crippen LogP) is 2.83. The van der Waals surface area contributed by atoms with Crippen LogP contribution in [0.25, 0.3) is 0 Å². The fourth-order valence-electron chi connectivity index (χ4n) is 2.81. The molecule has 0 amide bonds. The summed E-state index contributed by atoms with van der Waals surface area (Å²) >= 11 is 0. The lowest BCUT2D eigenvalue weighted by molar-refractivity contribution is 0.161. The highest BCUT2D eigenvalue weighted by Crippen LogP contribution is 2.32. The number of hydrogen-bond acceptors (Lipinski definition) is 2. The van der Waals surface area contributed by atoms with Crippen molar-refractivity contribution in [3.8, 4) is 5.75 Å². The molecule has 0 bridgehead atoms. The molecule has 1 saturated carbocycles. The molecular weight excluding hydrogens is 210 g/mol. The van der Waals surface area contributed by atoms with Crippen LogP contribution >= 0.6 is 0 Å². The van der Waals surface area contributed by atoms with Gasteiger partial charge in [0.05, 0.1) is 0 Å². The maximum atomic E-state index is 5.96. The summed E-state index contributed by atoms with van der Waals surface area (Å²) < 4.78 is 5.96. The van der Waals surface area contributed by atoms with Gasteiger partial charge in [-0.1, -0.05) is 17.7 Å². The first kappa shape index (κ1) is 11.1. The van der Waals surface area contributed by atoms with Crippen molar-refractivity contribution in [3.05, 3.63) is 29.3 Å². The zero-order valence-electron chi connectivity index (χ0n) is 10.8. The Morgan fingerprint density at radius 1 is 1.41 bits per heavy atom. The van der Waals surface area contributed by atoms with Crippen LogP contribution in [0, 0.1) is 6.92 Å². The van der Waals surface area contributed by atoms with Crippen molar-refractivity contribution in [1.29, 1.82) is 0 Å². The van der Waals surface area contributed by atoms with E-state index in [1.807, 2.05) is 0 Å². The number of hydrogen-bond donors (Lipinski definition) is 1. The van der Waals surface area contributed by atoms with E-state index in [4.69, 9.17) is 4.74 Å². The van der Waals surface area contributed by atoms with Gasteiger partial charge in [-0.25, -0.2) is 0 Å². The van der Waals surface area contributed by atoms with Gasteiger partial charge in [0.1, 0.15) is 11.9 Å². The summed E-state index contributed by atoms with van der Waals surface area (Å²) in [6.07, 6.45) is 5.37. The summed E-state index contributed by atoms with van der Waals surface area (Å²) in [5.41, 5.74) is 3.08. The monoisotopic (exact) mass is 231 g/mol. The topological polar surface area (TPSA) is 21.3 Å². The standard InChI is InChI=1S/C15H21NO/c1-11-4-5-14-12(8-11)9-13(17-14)10-16-15(2)6-3-7-15/h4-5,8,13,16H,3,6-7,9-10H2,1-2H3. The summed E-state index contributed by atoms with van der Waals surface area (Å²) in [6.45, 7) is 5.44. The Morgan fingerprint density at radius 2 is 2.24 bits per heavy atom. The van der Waals surface area contributed by atoms with Crippen molar-refractivity contribution in [3.63, 3.8) is 0 Å². The molecule has 1 aromatic rings. The minimum atomic E-state index is 0.323. The fraction of sp³-hybridized carbons (Fsp3) is 0.600. The second kappa shape index (κ2) is 4.02. The highest BCUT2D eigenvalue weighted by Gasteiger charge is 2.33. The van der Waals surface area contributed by atoms with Crippen LogP contribution in [0.3, 0.4) is 0 Å². The Morgan fingerprint density at radius 3 is 2.94 bits per heavy atom. The molecule has 0 radical (unpaired) electrons. The van der Waals surface area contributed by atoms with Gasteiger partial charge < -0.3 is 10.1 Å². The largest absolute Gasteiger partial charge is 0.488 e. The first-order chi connectivity index (χ1) is 8.15. The summed E-state index contributed by atoms with van der Waals surface area (Å²) in [4.78, 5) is 0. The van der Waals surface area contributed by atoms with E-state index in [1.165, 1.54) is 30.4 Å². The molecule has 2 nitrogen and oxygen atoms in total. The van der Waals surface area contributed by atoms with Gasteiger partial charge in [-0.3, -0.25) is 0 Å². The molecule has 1 aliphatic carbocycles. The maximum Gasteiger partial charge on any atom is 0.123 e. The lowest BCUT2D eigenvalue weighted by atomic mass is 9.78. The van der Waals surface area contributed by atoms with Gasteiger partial charge in [0, 0.05) is 18.5 Å². The number of fused-ring (bicyclic) bond motifs is 1. The van der Waals surface area contributed by atoms with E-state index in [2.05, 4.69) is 37.4 Å². The molecule has 1 fully saturated rings. The second-order valence-corrected chi connectivity index (χ2v) is 5.85.